The molecule has 0 saturated heterocycles. The minimum Gasteiger partial charge on any atom is -0.467 e. The Labute approximate surface area is 151 Å². The molecule has 0 spiro atoms. The van der Waals surface area contributed by atoms with Gasteiger partial charge >= 0.3 is 6.18 Å². The molecule has 7 nitrogen and oxygen atoms in total. The first-order valence-corrected chi connectivity index (χ1v) is 7.82. The van der Waals surface area contributed by atoms with Crippen molar-refractivity contribution in [2.24, 2.45) is 0 Å². The van der Waals surface area contributed by atoms with E-state index in [9.17, 15) is 23.3 Å². The number of hydrogen-bond acceptors (Lipinski definition) is 5. The van der Waals surface area contributed by atoms with Crippen molar-refractivity contribution >= 4 is 28.7 Å². The van der Waals surface area contributed by atoms with Crippen LogP contribution in [0, 0.1) is 10.1 Å². The minimum atomic E-state index is -4.64. The fraction of sp³-hybridized carbons (Fsp3) is 0.267. The molecule has 0 saturated carbocycles. The molecule has 3 N–H and O–H groups in total. The van der Waals surface area contributed by atoms with Crippen LogP contribution in [0.1, 0.15) is 11.3 Å². The van der Waals surface area contributed by atoms with Gasteiger partial charge in [-0.3, -0.25) is 10.1 Å². The largest absolute Gasteiger partial charge is 0.467 e. The zero-order valence-corrected chi connectivity index (χ0v) is 14.1. The van der Waals surface area contributed by atoms with Crippen LogP contribution < -0.4 is 16.0 Å². The van der Waals surface area contributed by atoms with Crippen molar-refractivity contribution in [2.75, 3.05) is 18.4 Å². The van der Waals surface area contributed by atoms with Gasteiger partial charge in [-0.05, 0) is 36.5 Å². The number of nitrogens with one attached hydrogen (secondary N) is 3. The van der Waals surface area contributed by atoms with Crippen LogP contribution in [0.15, 0.2) is 41.0 Å². The molecule has 0 aliphatic heterocycles. The fourth-order valence-corrected chi connectivity index (χ4v) is 2.20. The molecular weight excluding hydrogens is 373 g/mol. The average Bonchev–Trinajstić information content (AvgIpc) is 3.09. The zero-order chi connectivity index (χ0) is 19.2. The SMILES string of the molecule is O=[N+]([O-])c1cc(C(F)(F)F)ccc1NCCNC(=S)NCc1ccco1. The lowest BCUT2D eigenvalue weighted by molar-refractivity contribution is -0.384. The highest BCUT2D eigenvalue weighted by molar-refractivity contribution is 7.80. The third kappa shape index (κ3) is 5.62. The highest BCUT2D eigenvalue weighted by atomic mass is 32.1. The van der Waals surface area contributed by atoms with Crippen LogP contribution in [0.2, 0.25) is 0 Å². The number of nitro groups is 1. The Hall–Kier alpha value is -2.82. The van der Waals surface area contributed by atoms with Crippen LogP contribution in [0.25, 0.3) is 0 Å². The van der Waals surface area contributed by atoms with Crippen molar-refractivity contribution < 1.29 is 22.5 Å². The van der Waals surface area contributed by atoms with Crippen LogP contribution >= 0.6 is 12.2 Å². The molecule has 140 valence electrons. The van der Waals surface area contributed by atoms with E-state index in [4.69, 9.17) is 16.6 Å². The predicted octanol–water partition coefficient (Wildman–Crippen LogP) is 3.28. The van der Waals surface area contributed by atoms with Crippen molar-refractivity contribution in [3.63, 3.8) is 0 Å². The standard InChI is InChI=1S/C15H15F3N4O3S/c16-15(17,18)10-3-4-12(13(8-10)22(23)24)19-5-6-20-14(26)21-9-11-2-1-7-25-11/h1-4,7-8,19H,5-6,9H2,(H2,20,21,26). The fourth-order valence-electron chi connectivity index (χ4n) is 2.02. The summed E-state index contributed by atoms with van der Waals surface area (Å²) in [7, 11) is 0. The normalized spacial score (nSPS) is 11.0. The van der Waals surface area contributed by atoms with E-state index < -0.39 is 22.4 Å². The molecule has 0 bridgehead atoms. The van der Waals surface area contributed by atoms with E-state index in [-0.39, 0.29) is 12.2 Å². The molecule has 1 aromatic heterocycles. The van der Waals surface area contributed by atoms with Crippen molar-refractivity contribution in [1.82, 2.24) is 10.6 Å². The Balaban J connectivity index is 1.83. The summed E-state index contributed by atoms with van der Waals surface area (Å²) in [5.74, 6) is 0.702. The number of nitro benzene ring substituents is 1. The van der Waals surface area contributed by atoms with Crippen LogP contribution in [0.5, 0.6) is 0 Å². The number of halogens is 3. The summed E-state index contributed by atoms with van der Waals surface area (Å²) < 4.78 is 43.1. The van der Waals surface area contributed by atoms with Crippen LogP contribution in [-0.2, 0) is 12.7 Å². The van der Waals surface area contributed by atoms with Gasteiger partial charge in [-0.1, -0.05) is 0 Å². The van der Waals surface area contributed by atoms with E-state index in [0.29, 0.717) is 30.0 Å². The summed E-state index contributed by atoms with van der Waals surface area (Å²) in [5, 5.41) is 19.8. The minimum absolute atomic E-state index is 0.000682. The number of alkyl halides is 3. The van der Waals surface area contributed by atoms with E-state index in [2.05, 4.69) is 16.0 Å². The monoisotopic (exact) mass is 388 g/mol. The van der Waals surface area contributed by atoms with Crippen LogP contribution in [0.3, 0.4) is 0 Å². The number of nitrogens with zero attached hydrogens (tertiary/aromatic N) is 1. The van der Waals surface area contributed by atoms with Crippen molar-refractivity contribution in [1.29, 1.82) is 0 Å². The van der Waals surface area contributed by atoms with E-state index in [0.717, 1.165) is 12.1 Å². The topological polar surface area (TPSA) is 92.4 Å². The maximum absolute atomic E-state index is 12.7. The maximum Gasteiger partial charge on any atom is 0.416 e. The van der Waals surface area contributed by atoms with Gasteiger partial charge in [0.15, 0.2) is 5.11 Å². The smallest absolute Gasteiger partial charge is 0.416 e. The first-order chi connectivity index (χ1) is 12.3. The number of hydrogen-bond donors (Lipinski definition) is 3. The summed E-state index contributed by atoms with van der Waals surface area (Å²) in [6.07, 6.45) is -3.11. The van der Waals surface area contributed by atoms with E-state index in [1.165, 1.54) is 6.26 Å². The second-order valence-electron chi connectivity index (χ2n) is 5.10. The molecule has 11 heteroatoms. The molecule has 0 amide bonds. The first kappa shape index (κ1) is 19.5. The van der Waals surface area contributed by atoms with E-state index in [1.807, 2.05) is 0 Å². The molecule has 0 aliphatic rings. The summed E-state index contributed by atoms with van der Waals surface area (Å²) in [5.41, 5.74) is -1.71. The lowest BCUT2D eigenvalue weighted by Crippen LogP contribution is -2.37. The van der Waals surface area contributed by atoms with Gasteiger partial charge in [0.1, 0.15) is 11.4 Å². The van der Waals surface area contributed by atoms with Crippen molar-refractivity contribution in [3.05, 3.63) is 58.0 Å². The number of furan rings is 1. The Bertz CT molecular complexity index is 766. The van der Waals surface area contributed by atoms with Gasteiger partial charge in [0.05, 0.1) is 23.3 Å². The molecule has 0 aliphatic carbocycles. The second kappa shape index (κ2) is 8.52. The molecule has 2 aromatic rings. The highest BCUT2D eigenvalue weighted by Gasteiger charge is 2.32. The van der Waals surface area contributed by atoms with Crippen LogP contribution in [0.4, 0.5) is 24.5 Å². The number of benzene rings is 1. The Morgan fingerprint density at radius 3 is 2.62 bits per heavy atom. The van der Waals surface area contributed by atoms with Gasteiger partial charge < -0.3 is 20.4 Å². The lowest BCUT2D eigenvalue weighted by Gasteiger charge is -2.12. The third-order valence-corrected chi connectivity index (χ3v) is 3.54. The predicted molar refractivity (Wildman–Crippen MR) is 92.7 cm³/mol. The number of rotatable bonds is 7. The van der Waals surface area contributed by atoms with Crippen LogP contribution in [-0.4, -0.2) is 23.1 Å². The van der Waals surface area contributed by atoms with Gasteiger partial charge in [0.2, 0.25) is 0 Å². The molecule has 0 fully saturated rings. The molecule has 0 atom stereocenters. The van der Waals surface area contributed by atoms with Gasteiger partial charge in [-0.25, -0.2) is 0 Å². The molecule has 0 unspecified atom stereocenters. The summed E-state index contributed by atoms with van der Waals surface area (Å²) >= 11 is 5.06. The molecule has 2 rings (SSSR count). The summed E-state index contributed by atoms with van der Waals surface area (Å²) in [4.78, 5) is 10.1. The molecule has 0 radical (unpaired) electrons. The van der Waals surface area contributed by atoms with Gasteiger partial charge in [-0.15, -0.1) is 0 Å². The van der Waals surface area contributed by atoms with E-state index in [1.54, 1.807) is 12.1 Å². The molecular formula is C15H15F3N4O3S. The summed E-state index contributed by atoms with van der Waals surface area (Å²) in [6, 6.07) is 5.85. The number of thiocarbonyl (C=S) groups is 1. The zero-order valence-electron chi connectivity index (χ0n) is 13.3. The van der Waals surface area contributed by atoms with Gasteiger partial charge in [0.25, 0.3) is 5.69 Å². The van der Waals surface area contributed by atoms with E-state index >= 15 is 0 Å². The first-order valence-electron chi connectivity index (χ1n) is 7.41. The molecule has 1 aromatic carbocycles. The Morgan fingerprint density at radius 1 is 1.23 bits per heavy atom. The maximum atomic E-state index is 12.7. The second-order valence-corrected chi connectivity index (χ2v) is 5.51. The Kier molecular flexibility index (Phi) is 6.39. The number of anilines is 1. The van der Waals surface area contributed by atoms with Gasteiger partial charge in [0, 0.05) is 19.2 Å². The average molecular weight is 388 g/mol. The molecule has 1 heterocycles. The van der Waals surface area contributed by atoms with Crippen molar-refractivity contribution in [3.8, 4) is 0 Å². The summed E-state index contributed by atoms with van der Waals surface area (Å²) in [6.45, 7) is 0.924. The Morgan fingerprint density at radius 2 is 2.00 bits per heavy atom. The van der Waals surface area contributed by atoms with Gasteiger partial charge in [-0.2, -0.15) is 13.2 Å². The van der Waals surface area contributed by atoms with Crippen molar-refractivity contribution in [2.45, 2.75) is 12.7 Å². The lowest BCUT2D eigenvalue weighted by atomic mass is 10.1. The third-order valence-electron chi connectivity index (χ3n) is 3.25. The highest BCUT2D eigenvalue weighted by Crippen LogP contribution is 2.34. The quantitative estimate of drug-likeness (QED) is 0.290. The molecule has 26 heavy (non-hydrogen) atoms.